The maximum absolute atomic E-state index is 10.8. The van der Waals surface area contributed by atoms with Crippen molar-refractivity contribution >= 4 is 21.6 Å². The van der Waals surface area contributed by atoms with Gasteiger partial charge in [-0.3, -0.25) is 10.1 Å². The number of hydrogen-bond donors (Lipinski definition) is 1. The summed E-state index contributed by atoms with van der Waals surface area (Å²) in [5.41, 5.74) is 1.36. The zero-order valence-electron chi connectivity index (χ0n) is 9.50. The largest absolute Gasteiger partial charge is 0.314 e. The molecule has 1 heterocycles. The lowest BCUT2D eigenvalue weighted by Gasteiger charge is -2.01. The second kappa shape index (κ2) is 5.23. The molecule has 0 saturated carbocycles. The van der Waals surface area contributed by atoms with Crippen LogP contribution >= 0.6 is 15.9 Å². The fourth-order valence-corrected chi connectivity index (χ4v) is 1.86. The Morgan fingerprint density at radius 1 is 1.56 bits per heavy atom. The van der Waals surface area contributed by atoms with Crippen LogP contribution in [0.15, 0.2) is 28.9 Å². The molecule has 0 bridgehead atoms. The molecule has 1 aromatic carbocycles. The van der Waals surface area contributed by atoms with Crippen LogP contribution in [0.5, 0.6) is 0 Å². The molecule has 1 N–H and O–H groups in total. The lowest BCUT2D eigenvalue weighted by atomic mass is 10.3. The predicted octanol–water partition coefficient (Wildman–Crippen LogP) is 1.66. The van der Waals surface area contributed by atoms with E-state index in [9.17, 15) is 10.1 Å². The highest BCUT2D eigenvalue weighted by Crippen LogP contribution is 2.26. The maximum atomic E-state index is 10.8. The smallest absolute Gasteiger partial charge is 0.285 e. The second-order valence-electron chi connectivity index (χ2n) is 3.58. The van der Waals surface area contributed by atoms with Crippen molar-refractivity contribution in [1.82, 2.24) is 20.3 Å². The topological polar surface area (TPSA) is 85.9 Å². The van der Waals surface area contributed by atoms with Crippen LogP contribution in [0, 0.1) is 10.1 Å². The normalized spacial score (nSPS) is 10.6. The van der Waals surface area contributed by atoms with Crippen LogP contribution in [0.3, 0.4) is 0 Å². The van der Waals surface area contributed by atoms with Gasteiger partial charge in [-0.05, 0) is 35.1 Å². The van der Waals surface area contributed by atoms with Gasteiger partial charge in [-0.15, -0.1) is 5.10 Å². The van der Waals surface area contributed by atoms with Gasteiger partial charge in [-0.25, -0.2) is 4.68 Å². The molecule has 0 spiro atoms. The molecule has 0 amide bonds. The van der Waals surface area contributed by atoms with Crippen molar-refractivity contribution in [3.8, 4) is 5.69 Å². The molecule has 94 valence electrons. The average Bonchev–Trinajstić information content (AvgIpc) is 2.78. The summed E-state index contributed by atoms with van der Waals surface area (Å²) >= 11 is 3.14. The van der Waals surface area contributed by atoms with E-state index in [4.69, 9.17) is 0 Å². The summed E-state index contributed by atoms with van der Waals surface area (Å²) in [5.74, 6) is 0. The molecule has 0 saturated heterocycles. The van der Waals surface area contributed by atoms with Gasteiger partial charge < -0.3 is 5.32 Å². The Morgan fingerprint density at radius 3 is 3.00 bits per heavy atom. The zero-order valence-corrected chi connectivity index (χ0v) is 11.1. The van der Waals surface area contributed by atoms with E-state index in [1.165, 1.54) is 10.7 Å². The van der Waals surface area contributed by atoms with Gasteiger partial charge in [0, 0.05) is 12.6 Å². The van der Waals surface area contributed by atoms with Crippen molar-refractivity contribution in [3.05, 3.63) is 44.7 Å². The number of hydrogen-bond acceptors (Lipinski definition) is 5. The number of benzene rings is 1. The van der Waals surface area contributed by atoms with E-state index in [1.54, 1.807) is 18.3 Å². The van der Waals surface area contributed by atoms with E-state index in [-0.39, 0.29) is 5.69 Å². The highest BCUT2D eigenvalue weighted by Gasteiger charge is 2.13. The van der Waals surface area contributed by atoms with Crippen molar-refractivity contribution in [2.24, 2.45) is 0 Å². The maximum Gasteiger partial charge on any atom is 0.285 e. The fourth-order valence-electron chi connectivity index (χ4n) is 1.47. The molecular formula is C10H10BrN5O2. The molecule has 2 aromatic rings. The predicted molar refractivity (Wildman–Crippen MR) is 68.5 cm³/mol. The molecule has 1 aromatic heterocycles. The second-order valence-corrected chi connectivity index (χ2v) is 4.43. The molecule has 8 heteroatoms. The van der Waals surface area contributed by atoms with Crippen molar-refractivity contribution < 1.29 is 4.92 Å². The Bertz CT molecular complexity index is 583. The minimum atomic E-state index is -0.445. The molecule has 0 aliphatic rings. The van der Waals surface area contributed by atoms with Gasteiger partial charge in [0.15, 0.2) is 0 Å². The monoisotopic (exact) mass is 311 g/mol. The molecule has 0 unspecified atom stereocenters. The Kier molecular flexibility index (Phi) is 3.68. The van der Waals surface area contributed by atoms with Crippen molar-refractivity contribution in [1.29, 1.82) is 0 Å². The number of aromatic nitrogens is 3. The molecule has 0 fully saturated rings. The average molecular weight is 312 g/mol. The van der Waals surface area contributed by atoms with Gasteiger partial charge in [0.2, 0.25) is 0 Å². The van der Waals surface area contributed by atoms with Crippen LogP contribution in [-0.4, -0.2) is 27.0 Å². The Balaban J connectivity index is 2.38. The van der Waals surface area contributed by atoms with E-state index in [0.29, 0.717) is 16.7 Å². The summed E-state index contributed by atoms with van der Waals surface area (Å²) in [7, 11) is 1.81. The van der Waals surface area contributed by atoms with E-state index in [1.807, 2.05) is 7.05 Å². The quantitative estimate of drug-likeness (QED) is 0.685. The third-order valence-electron chi connectivity index (χ3n) is 2.29. The SMILES string of the molecule is CNCc1cn(-c2ccc(Br)c([N+](=O)[O-])c2)nn1. The van der Waals surface area contributed by atoms with Crippen LogP contribution in [0.25, 0.3) is 5.69 Å². The van der Waals surface area contributed by atoms with Crippen LogP contribution in [0.4, 0.5) is 5.69 Å². The third kappa shape index (κ3) is 2.54. The molecule has 0 aliphatic heterocycles. The number of rotatable bonds is 4. The van der Waals surface area contributed by atoms with E-state index >= 15 is 0 Å². The van der Waals surface area contributed by atoms with Crippen LogP contribution < -0.4 is 5.32 Å². The lowest BCUT2D eigenvalue weighted by molar-refractivity contribution is -0.385. The summed E-state index contributed by atoms with van der Waals surface area (Å²) in [6, 6.07) is 4.80. The van der Waals surface area contributed by atoms with Gasteiger partial charge in [0.1, 0.15) is 0 Å². The summed E-state index contributed by atoms with van der Waals surface area (Å²) in [4.78, 5) is 10.4. The van der Waals surface area contributed by atoms with Gasteiger partial charge in [0.05, 0.1) is 27.0 Å². The Labute approximate surface area is 111 Å². The minimum absolute atomic E-state index is 0.00170. The number of nitrogens with one attached hydrogen (secondary N) is 1. The summed E-state index contributed by atoms with van der Waals surface area (Å²) < 4.78 is 1.94. The van der Waals surface area contributed by atoms with Crippen molar-refractivity contribution in [2.75, 3.05) is 7.05 Å². The third-order valence-corrected chi connectivity index (χ3v) is 2.96. The Hall–Kier alpha value is -1.80. The number of nitro groups is 1. The molecule has 0 atom stereocenters. The van der Waals surface area contributed by atoms with Crippen LogP contribution in [0.1, 0.15) is 5.69 Å². The molecule has 0 aliphatic carbocycles. The van der Waals surface area contributed by atoms with Crippen LogP contribution in [-0.2, 0) is 6.54 Å². The molecular weight excluding hydrogens is 302 g/mol. The first-order valence-electron chi connectivity index (χ1n) is 5.12. The standard InChI is InChI=1S/C10H10BrN5O2/c1-12-5-7-6-15(14-13-7)8-2-3-9(11)10(4-8)16(17)18/h2-4,6,12H,5H2,1H3. The number of nitrogens with zero attached hydrogens (tertiary/aromatic N) is 4. The Morgan fingerprint density at radius 2 is 2.33 bits per heavy atom. The molecule has 7 nitrogen and oxygen atoms in total. The highest BCUT2D eigenvalue weighted by atomic mass is 79.9. The van der Waals surface area contributed by atoms with E-state index < -0.39 is 4.92 Å². The number of halogens is 1. The van der Waals surface area contributed by atoms with Gasteiger partial charge >= 0.3 is 0 Å². The van der Waals surface area contributed by atoms with Gasteiger partial charge in [-0.2, -0.15) is 0 Å². The first-order chi connectivity index (χ1) is 8.61. The lowest BCUT2D eigenvalue weighted by Crippen LogP contribution is -2.05. The molecule has 18 heavy (non-hydrogen) atoms. The first-order valence-corrected chi connectivity index (χ1v) is 5.91. The zero-order chi connectivity index (χ0) is 13.1. The fraction of sp³-hybridized carbons (Fsp3) is 0.200. The van der Waals surface area contributed by atoms with Crippen LogP contribution in [0.2, 0.25) is 0 Å². The van der Waals surface area contributed by atoms with Crippen molar-refractivity contribution in [3.63, 3.8) is 0 Å². The summed E-state index contributed by atoms with van der Waals surface area (Å²) in [6.07, 6.45) is 1.73. The van der Waals surface area contributed by atoms with Gasteiger partial charge in [-0.1, -0.05) is 5.21 Å². The highest BCUT2D eigenvalue weighted by molar-refractivity contribution is 9.10. The number of nitro benzene ring substituents is 1. The van der Waals surface area contributed by atoms with E-state index in [0.717, 1.165) is 5.69 Å². The van der Waals surface area contributed by atoms with Gasteiger partial charge in [0.25, 0.3) is 5.69 Å². The first kappa shape index (κ1) is 12.7. The van der Waals surface area contributed by atoms with E-state index in [2.05, 4.69) is 31.6 Å². The minimum Gasteiger partial charge on any atom is -0.314 e. The molecule has 2 rings (SSSR count). The summed E-state index contributed by atoms with van der Waals surface area (Å²) in [6.45, 7) is 0.596. The molecule has 0 radical (unpaired) electrons. The summed E-state index contributed by atoms with van der Waals surface area (Å²) in [5, 5.41) is 21.7. The van der Waals surface area contributed by atoms with Crippen molar-refractivity contribution in [2.45, 2.75) is 6.54 Å².